The number of nitrogens with one attached hydrogen (secondary N) is 1. The maximum absolute atomic E-state index is 13.4. The second-order valence-electron chi connectivity index (χ2n) is 3.17. The van der Waals surface area contributed by atoms with Crippen molar-refractivity contribution in [3.05, 3.63) is 39.2 Å². The fraction of sp³-hybridized carbons (Fsp3) is 0. The summed E-state index contributed by atoms with van der Waals surface area (Å²) >= 11 is 6.69. The van der Waals surface area contributed by atoms with Gasteiger partial charge in [0.05, 0.1) is 11.9 Å². The predicted molar refractivity (Wildman–Crippen MR) is 71.5 cm³/mol. The lowest BCUT2D eigenvalue weighted by Gasteiger charge is -2.08. The van der Waals surface area contributed by atoms with Crippen LogP contribution in [0.25, 0.3) is 0 Å². The first-order valence-corrected chi connectivity index (χ1v) is 6.15. The number of nitrogens with two attached hydrogens (primary N) is 1. The van der Waals surface area contributed by atoms with E-state index in [1.807, 2.05) is 12.1 Å². The minimum atomic E-state index is -0.561. The van der Waals surface area contributed by atoms with E-state index >= 15 is 0 Å². The normalized spacial score (nSPS) is 10.3. The number of nitrogen functional groups attached to an aromatic ring is 1. The van der Waals surface area contributed by atoms with Crippen molar-refractivity contribution >= 4 is 49.3 Å². The number of benzene rings is 1. The number of anilines is 3. The average molecular weight is 362 g/mol. The Morgan fingerprint density at radius 3 is 2.76 bits per heavy atom. The molecule has 0 atom stereocenters. The van der Waals surface area contributed by atoms with E-state index in [1.165, 1.54) is 0 Å². The largest absolute Gasteiger partial charge is 0.368 e. The number of aromatic nitrogens is 2. The molecule has 7 heteroatoms. The van der Waals surface area contributed by atoms with E-state index in [2.05, 4.69) is 47.1 Å². The minimum Gasteiger partial charge on any atom is -0.368 e. The number of nitrogens with zero attached hydrogens (tertiary/aromatic N) is 2. The summed E-state index contributed by atoms with van der Waals surface area (Å²) in [4.78, 5) is 7.33. The van der Waals surface area contributed by atoms with Gasteiger partial charge in [0, 0.05) is 8.95 Å². The average Bonchev–Trinajstić information content (AvgIpc) is 2.27. The third kappa shape index (κ3) is 2.92. The molecular weight excluding hydrogens is 355 g/mol. The Bertz CT molecular complexity index is 562. The Labute approximate surface area is 114 Å². The van der Waals surface area contributed by atoms with E-state index < -0.39 is 5.82 Å². The summed E-state index contributed by atoms with van der Waals surface area (Å²) in [5, 5.41) is 2.83. The zero-order chi connectivity index (χ0) is 12.4. The predicted octanol–water partition coefficient (Wildman–Crippen LogP) is 3.47. The molecule has 0 saturated carbocycles. The van der Waals surface area contributed by atoms with E-state index in [1.54, 1.807) is 6.07 Å². The molecule has 0 bridgehead atoms. The molecule has 0 fully saturated rings. The van der Waals surface area contributed by atoms with Crippen molar-refractivity contribution in [1.29, 1.82) is 0 Å². The lowest BCUT2D eigenvalue weighted by Crippen LogP contribution is -2.02. The first kappa shape index (κ1) is 12.3. The molecule has 0 amide bonds. The molecule has 4 nitrogen and oxygen atoms in total. The van der Waals surface area contributed by atoms with Crippen molar-refractivity contribution in [2.45, 2.75) is 0 Å². The molecule has 0 unspecified atom stereocenters. The molecule has 3 N–H and O–H groups in total. The highest BCUT2D eigenvalue weighted by atomic mass is 79.9. The first-order valence-electron chi connectivity index (χ1n) is 4.56. The van der Waals surface area contributed by atoms with Crippen molar-refractivity contribution in [3.63, 3.8) is 0 Å². The van der Waals surface area contributed by atoms with Gasteiger partial charge in [-0.25, -0.2) is 9.37 Å². The molecule has 1 heterocycles. The van der Waals surface area contributed by atoms with E-state index in [9.17, 15) is 4.39 Å². The van der Waals surface area contributed by atoms with E-state index in [0.29, 0.717) is 5.69 Å². The highest BCUT2D eigenvalue weighted by Gasteiger charge is 2.08. The molecule has 0 aliphatic rings. The van der Waals surface area contributed by atoms with Crippen molar-refractivity contribution in [2.75, 3.05) is 11.1 Å². The van der Waals surface area contributed by atoms with Gasteiger partial charge in [0.1, 0.15) is 0 Å². The molecule has 1 aromatic heterocycles. The quantitative estimate of drug-likeness (QED) is 0.859. The zero-order valence-electron chi connectivity index (χ0n) is 8.42. The van der Waals surface area contributed by atoms with Crippen LogP contribution in [0.15, 0.2) is 33.3 Å². The third-order valence-corrected chi connectivity index (χ3v) is 3.10. The topological polar surface area (TPSA) is 63.8 Å². The van der Waals surface area contributed by atoms with Crippen LogP contribution in [0.1, 0.15) is 0 Å². The molecule has 0 aliphatic carbocycles. The van der Waals surface area contributed by atoms with Crippen molar-refractivity contribution in [1.82, 2.24) is 9.97 Å². The van der Waals surface area contributed by atoms with Crippen LogP contribution >= 0.6 is 31.9 Å². The number of hydrogen-bond donors (Lipinski definition) is 2. The number of halogens is 3. The molecule has 17 heavy (non-hydrogen) atoms. The summed E-state index contributed by atoms with van der Waals surface area (Å²) in [7, 11) is 0. The van der Waals surface area contributed by atoms with Gasteiger partial charge in [0.15, 0.2) is 11.6 Å². The van der Waals surface area contributed by atoms with Crippen molar-refractivity contribution in [2.24, 2.45) is 0 Å². The third-order valence-electron chi connectivity index (χ3n) is 1.95. The molecule has 0 spiro atoms. The van der Waals surface area contributed by atoms with Gasteiger partial charge in [-0.2, -0.15) is 4.98 Å². The molecule has 0 saturated heterocycles. The highest BCUT2D eigenvalue weighted by Crippen LogP contribution is 2.28. The fourth-order valence-electron chi connectivity index (χ4n) is 1.19. The monoisotopic (exact) mass is 360 g/mol. The maximum Gasteiger partial charge on any atom is 0.222 e. The van der Waals surface area contributed by atoms with Gasteiger partial charge < -0.3 is 11.1 Å². The van der Waals surface area contributed by atoms with Gasteiger partial charge in [0.2, 0.25) is 5.95 Å². The van der Waals surface area contributed by atoms with E-state index in [-0.39, 0.29) is 11.8 Å². The molecule has 2 rings (SSSR count). The van der Waals surface area contributed by atoms with Crippen LogP contribution in [0.2, 0.25) is 0 Å². The van der Waals surface area contributed by atoms with Crippen LogP contribution in [0.5, 0.6) is 0 Å². The fourth-order valence-corrected chi connectivity index (χ4v) is 2.33. The van der Waals surface area contributed by atoms with E-state index in [0.717, 1.165) is 15.1 Å². The Morgan fingerprint density at radius 2 is 2.06 bits per heavy atom. The summed E-state index contributed by atoms with van der Waals surface area (Å²) in [5.74, 6) is -0.503. The lowest BCUT2D eigenvalue weighted by atomic mass is 10.3. The summed E-state index contributed by atoms with van der Waals surface area (Å²) in [6.07, 6.45) is 1.03. The summed E-state index contributed by atoms with van der Waals surface area (Å²) in [6, 6.07) is 5.45. The van der Waals surface area contributed by atoms with Crippen molar-refractivity contribution in [3.8, 4) is 0 Å². The second kappa shape index (κ2) is 4.97. The van der Waals surface area contributed by atoms with Gasteiger partial charge in [-0.15, -0.1) is 0 Å². The number of rotatable bonds is 2. The van der Waals surface area contributed by atoms with Crippen LogP contribution < -0.4 is 11.1 Å². The van der Waals surface area contributed by atoms with Gasteiger partial charge in [-0.1, -0.05) is 15.9 Å². The first-order chi connectivity index (χ1) is 8.06. The molecule has 2 aromatic rings. The summed E-state index contributed by atoms with van der Waals surface area (Å²) < 4.78 is 15.1. The molecule has 1 aromatic carbocycles. The van der Waals surface area contributed by atoms with Crippen LogP contribution in [0, 0.1) is 5.82 Å². The zero-order valence-corrected chi connectivity index (χ0v) is 11.6. The Hall–Kier alpha value is -1.21. The van der Waals surface area contributed by atoms with Gasteiger partial charge in [-0.3, -0.25) is 0 Å². The number of hydrogen-bond acceptors (Lipinski definition) is 4. The van der Waals surface area contributed by atoms with Crippen LogP contribution in [0.4, 0.5) is 21.8 Å². The van der Waals surface area contributed by atoms with Crippen molar-refractivity contribution < 1.29 is 4.39 Å². The standard InChI is InChI=1S/C10H7Br2FN4/c11-5-1-2-8(6(12)3-5)16-9-7(13)4-15-10(14)17-9/h1-4H,(H3,14,15,16,17). The smallest absolute Gasteiger partial charge is 0.222 e. The lowest BCUT2D eigenvalue weighted by molar-refractivity contribution is 0.620. The Balaban J connectivity index is 2.34. The Morgan fingerprint density at radius 1 is 1.29 bits per heavy atom. The summed E-state index contributed by atoms with van der Waals surface area (Å²) in [6.45, 7) is 0. The SMILES string of the molecule is Nc1ncc(F)c(Nc2ccc(Br)cc2Br)n1. The van der Waals surface area contributed by atoms with Crippen LogP contribution in [-0.4, -0.2) is 9.97 Å². The minimum absolute atomic E-state index is 0.0159. The van der Waals surface area contributed by atoms with Crippen LogP contribution in [-0.2, 0) is 0 Å². The van der Waals surface area contributed by atoms with E-state index in [4.69, 9.17) is 5.73 Å². The van der Waals surface area contributed by atoms with Crippen LogP contribution in [0.3, 0.4) is 0 Å². The highest BCUT2D eigenvalue weighted by molar-refractivity contribution is 9.11. The molecular formula is C10H7Br2FN4. The molecule has 0 aliphatic heterocycles. The van der Waals surface area contributed by atoms with Gasteiger partial charge in [-0.05, 0) is 34.1 Å². The maximum atomic E-state index is 13.4. The molecule has 0 radical (unpaired) electrons. The Kier molecular flexibility index (Phi) is 3.58. The van der Waals surface area contributed by atoms with Gasteiger partial charge in [0.25, 0.3) is 0 Å². The van der Waals surface area contributed by atoms with Gasteiger partial charge >= 0.3 is 0 Å². The molecule has 88 valence electrons. The second-order valence-corrected chi connectivity index (χ2v) is 4.94. The summed E-state index contributed by atoms with van der Waals surface area (Å²) in [5.41, 5.74) is 6.08.